The van der Waals surface area contributed by atoms with E-state index in [-0.39, 0.29) is 12.3 Å². The Balaban J connectivity index is 2.07. The molecule has 2 N–H and O–H groups in total. The van der Waals surface area contributed by atoms with Crippen molar-refractivity contribution in [2.75, 3.05) is 6.54 Å². The highest BCUT2D eigenvalue weighted by molar-refractivity contribution is 5.76. The fraction of sp³-hybridized carbons (Fsp3) is 0.583. The van der Waals surface area contributed by atoms with E-state index in [1.807, 2.05) is 13.1 Å². The summed E-state index contributed by atoms with van der Waals surface area (Å²) >= 11 is 0. The molecule has 0 aromatic carbocycles. The molecule has 0 fully saturated rings. The van der Waals surface area contributed by atoms with Crippen LogP contribution in [-0.2, 0) is 23.1 Å². The van der Waals surface area contributed by atoms with Gasteiger partial charge < -0.3 is 10.4 Å². The van der Waals surface area contributed by atoms with Crippen LogP contribution in [0.1, 0.15) is 31.4 Å². The van der Waals surface area contributed by atoms with Crippen molar-refractivity contribution in [1.82, 2.24) is 15.1 Å². The molecule has 1 heterocycles. The molecule has 18 heavy (non-hydrogen) atoms. The van der Waals surface area contributed by atoms with Crippen LogP contribution >= 0.6 is 0 Å². The van der Waals surface area contributed by atoms with Gasteiger partial charge in [0.15, 0.2) is 0 Å². The van der Waals surface area contributed by atoms with Crippen LogP contribution in [0.4, 0.5) is 0 Å². The van der Waals surface area contributed by atoms with Crippen molar-refractivity contribution < 1.29 is 14.7 Å². The smallest absolute Gasteiger partial charge is 0.303 e. The number of carboxylic acids is 1. The SMILES string of the molecule is Cn1nccc1CCC(=O)NCCCCC(=O)O. The Morgan fingerprint density at radius 1 is 1.39 bits per heavy atom. The summed E-state index contributed by atoms with van der Waals surface area (Å²) < 4.78 is 1.75. The third kappa shape index (κ3) is 5.47. The van der Waals surface area contributed by atoms with Gasteiger partial charge in [-0.05, 0) is 25.3 Å². The Morgan fingerprint density at radius 3 is 2.78 bits per heavy atom. The number of nitrogens with zero attached hydrogens (tertiary/aromatic N) is 2. The van der Waals surface area contributed by atoms with Crippen LogP contribution in [-0.4, -0.2) is 33.3 Å². The lowest BCUT2D eigenvalue weighted by Crippen LogP contribution is -2.25. The highest BCUT2D eigenvalue weighted by Gasteiger charge is 2.04. The summed E-state index contributed by atoms with van der Waals surface area (Å²) in [6, 6.07) is 1.89. The van der Waals surface area contributed by atoms with Crippen molar-refractivity contribution in [1.29, 1.82) is 0 Å². The van der Waals surface area contributed by atoms with Gasteiger partial charge in [0.25, 0.3) is 0 Å². The average molecular weight is 253 g/mol. The van der Waals surface area contributed by atoms with Crippen LogP contribution in [0.3, 0.4) is 0 Å². The summed E-state index contributed by atoms with van der Waals surface area (Å²) in [7, 11) is 1.85. The zero-order valence-electron chi connectivity index (χ0n) is 10.6. The van der Waals surface area contributed by atoms with Crippen molar-refractivity contribution in [2.24, 2.45) is 7.05 Å². The first-order chi connectivity index (χ1) is 8.59. The molecule has 0 unspecified atom stereocenters. The van der Waals surface area contributed by atoms with Crippen LogP contribution < -0.4 is 5.32 Å². The van der Waals surface area contributed by atoms with Crippen LogP contribution in [0, 0.1) is 0 Å². The molecule has 1 aromatic heterocycles. The number of hydrogen-bond donors (Lipinski definition) is 2. The number of carboxylic acid groups (broad SMARTS) is 1. The zero-order chi connectivity index (χ0) is 13.4. The first-order valence-electron chi connectivity index (χ1n) is 6.05. The van der Waals surface area contributed by atoms with Gasteiger partial charge in [-0.1, -0.05) is 0 Å². The van der Waals surface area contributed by atoms with Crippen molar-refractivity contribution in [3.8, 4) is 0 Å². The van der Waals surface area contributed by atoms with E-state index in [1.54, 1.807) is 10.9 Å². The standard InChI is InChI=1S/C12H19N3O3/c1-15-10(7-9-14-15)5-6-11(16)13-8-3-2-4-12(17)18/h7,9H,2-6,8H2,1H3,(H,13,16)(H,17,18). The third-order valence-corrected chi connectivity index (χ3v) is 2.67. The average Bonchev–Trinajstić information content (AvgIpc) is 2.71. The molecule has 0 aliphatic carbocycles. The summed E-state index contributed by atoms with van der Waals surface area (Å²) in [5.74, 6) is -0.802. The Morgan fingerprint density at radius 2 is 2.17 bits per heavy atom. The number of rotatable bonds is 8. The number of amides is 1. The van der Waals surface area contributed by atoms with Gasteiger partial charge in [-0.25, -0.2) is 0 Å². The Bertz CT molecular complexity index is 401. The molecule has 100 valence electrons. The van der Waals surface area contributed by atoms with Gasteiger partial charge in [-0.3, -0.25) is 14.3 Å². The minimum absolute atomic E-state index is 0.00785. The maximum absolute atomic E-state index is 11.5. The van der Waals surface area contributed by atoms with Crippen LogP contribution in [0.15, 0.2) is 12.3 Å². The number of carbonyl (C=O) groups excluding carboxylic acids is 1. The summed E-state index contributed by atoms with van der Waals surface area (Å²) in [5, 5.41) is 15.2. The maximum Gasteiger partial charge on any atom is 0.303 e. The summed E-state index contributed by atoms with van der Waals surface area (Å²) in [6.45, 7) is 0.539. The van der Waals surface area contributed by atoms with E-state index in [4.69, 9.17) is 5.11 Å². The van der Waals surface area contributed by atoms with Gasteiger partial charge in [-0.2, -0.15) is 5.10 Å². The van der Waals surface area contributed by atoms with Crippen molar-refractivity contribution in [2.45, 2.75) is 32.1 Å². The Hall–Kier alpha value is -1.85. The van der Waals surface area contributed by atoms with Crippen molar-refractivity contribution in [3.05, 3.63) is 18.0 Å². The van der Waals surface area contributed by atoms with Gasteiger partial charge in [0, 0.05) is 38.3 Å². The molecule has 0 bridgehead atoms. The quantitative estimate of drug-likeness (QED) is 0.669. The molecule has 1 aromatic rings. The number of nitrogens with one attached hydrogen (secondary N) is 1. The monoisotopic (exact) mass is 253 g/mol. The zero-order valence-corrected chi connectivity index (χ0v) is 10.6. The number of carbonyl (C=O) groups is 2. The minimum Gasteiger partial charge on any atom is -0.481 e. The number of aliphatic carboxylic acids is 1. The fourth-order valence-electron chi connectivity index (χ4n) is 1.61. The molecular weight excluding hydrogens is 234 g/mol. The molecule has 0 aliphatic rings. The first kappa shape index (κ1) is 14.2. The normalized spacial score (nSPS) is 10.3. The van der Waals surface area contributed by atoms with Gasteiger partial charge in [-0.15, -0.1) is 0 Å². The van der Waals surface area contributed by atoms with Gasteiger partial charge >= 0.3 is 5.97 Å². The van der Waals surface area contributed by atoms with E-state index in [9.17, 15) is 9.59 Å². The molecule has 0 spiro atoms. The molecule has 0 saturated heterocycles. The molecule has 0 saturated carbocycles. The fourth-order valence-corrected chi connectivity index (χ4v) is 1.61. The van der Waals surface area contributed by atoms with Crippen LogP contribution in [0.25, 0.3) is 0 Å². The molecule has 1 amide bonds. The number of aromatic nitrogens is 2. The lowest BCUT2D eigenvalue weighted by atomic mass is 10.2. The highest BCUT2D eigenvalue weighted by atomic mass is 16.4. The summed E-state index contributed by atoms with van der Waals surface area (Å²) in [5.41, 5.74) is 1.02. The topological polar surface area (TPSA) is 84.2 Å². The van der Waals surface area contributed by atoms with Crippen molar-refractivity contribution >= 4 is 11.9 Å². The highest BCUT2D eigenvalue weighted by Crippen LogP contribution is 2.00. The first-order valence-corrected chi connectivity index (χ1v) is 6.05. The second-order valence-electron chi connectivity index (χ2n) is 4.15. The number of hydrogen-bond acceptors (Lipinski definition) is 3. The predicted octanol–water partition coefficient (Wildman–Crippen LogP) is 0.724. The van der Waals surface area contributed by atoms with Gasteiger partial charge in [0.1, 0.15) is 0 Å². The summed E-state index contributed by atoms with van der Waals surface area (Å²) in [6.07, 6.45) is 4.25. The largest absolute Gasteiger partial charge is 0.481 e. The number of aryl methyl sites for hydroxylation is 2. The molecule has 6 heteroatoms. The molecule has 6 nitrogen and oxygen atoms in total. The van der Waals surface area contributed by atoms with E-state index >= 15 is 0 Å². The number of unbranched alkanes of at least 4 members (excludes halogenated alkanes) is 1. The van der Waals surface area contributed by atoms with Crippen LogP contribution in [0.2, 0.25) is 0 Å². The molecule has 1 rings (SSSR count). The molecule has 0 aliphatic heterocycles. The Labute approximate surface area is 106 Å². The van der Waals surface area contributed by atoms with Crippen LogP contribution in [0.5, 0.6) is 0 Å². The molecule has 0 atom stereocenters. The molecule has 0 radical (unpaired) electrons. The summed E-state index contributed by atoms with van der Waals surface area (Å²) in [4.78, 5) is 21.8. The second-order valence-corrected chi connectivity index (χ2v) is 4.15. The minimum atomic E-state index is -0.794. The van der Waals surface area contributed by atoms with E-state index in [0.29, 0.717) is 32.2 Å². The maximum atomic E-state index is 11.5. The Kier molecular flexibility index (Phi) is 5.90. The van der Waals surface area contributed by atoms with E-state index in [0.717, 1.165) is 5.69 Å². The van der Waals surface area contributed by atoms with Crippen molar-refractivity contribution in [3.63, 3.8) is 0 Å². The second kappa shape index (κ2) is 7.47. The van der Waals surface area contributed by atoms with Gasteiger partial charge in [0.05, 0.1) is 0 Å². The third-order valence-electron chi connectivity index (χ3n) is 2.67. The van der Waals surface area contributed by atoms with E-state index in [1.165, 1.54) is 0 Å². The predicted molar refractivity (Wildman–Crippen MR) is 66.0 cm³/mol. The van der Waals surface area contributed by atoms with Gasteiger partial charge in [0.2, 0.25) is 5.91 Å². The molecular formula is C12H19N3O3. The lowest BCUT2D eigenvalue weighted by molar-refractivity contribution is -0.137. The lowest BCUT2D eigenvalue weighted by Gasteiger charge is -2.05. The van der Waals surface area contributed by atoms with E-state index in [2.05, 4.69) is 10.4 Å². The van der Waals surface area contributed by atoms with E-state index < -0.39 is 5.97 Å².